The van der Waals surface area contributed by atoms with Crippen LogP contribution in [0.3, 0.4) is 0 Å². The highest BCUT2D eigenvalue weighted by Crippen LogP contribution is 2.26. The first-order chi connectivity index (χ1) is 6.27. The first kappa shape index (κ1) is 8.73. The Bertz CT molecular complexity index is 241. The SMILES string of the molecule is CC1=NN(C2CCCC2)C(=O)CC1. The van der Waals surface area contributed by atoms with Crippen molar-refractivity contribution in [1.82, 2.24) is 5.01 Å². The molecule has 1 heterocycles. The van der Waals surface area contributed by atoms with Gasteiger partial charge in [-0.25, -0.2) is 5.01 Å². The molecule has 1 fully saturated rings. The molecule has 1 aliphatic heterocycles. The summed E-state index contributed by atoms with van der Waals surface area (Å²) in [7, 11) is 0. The number of rotatable bonds is 1. The van der Waals surface area contributed by atoms with Crippen LogP contribution in [-0.4, -0.2) is 22.7 Å². The van der Waals surface area contributed by atoms with E-state index >= 15 is 0 Å². The number of carbonyl (C=O) groups excluding carboxylic acids is 1. The third kappa shape index (κ3) is 1.74. The van der Waals surface area contributed by atoms with Crippen molar-refractivity contribution in [2.24, 2.45) is 5.10 Å². The largest absolute Gasteiger partial charge is 0.273 e. The van der Waals surface area contributed by atoms with Gasteiger partial charge in [0.25, 0.3) is 0 Å². The van der Waals surface area contributed by atoms with Gasteiger partial charge in [0.2, 0.25) is 5.91 Å². The van der Waals surface area contributed by atoms with E-state index in [0.717, 1.165) is 25.0 Å². The molecule has 0 aromatic rings. The van der Waals surface area contributed by atoms with E-state index in [2.05, 4.69) is 5.10 Å². The summed E-state index contributed by atoms with van der Waals surface area (Å²) in [4.78, 5) is 11.5. The van der Waals surface area contributed by atoms with Crippen molar-refractivity contribution >= 4 is 11.6 Å². The third-order valence-electron chi connectivity index (χ3n) is 2.91. The van der Waals surface area contributed by atoms with Gasteiger partial charge in [-0.2, -0.15) is 5.10 Å². The van der Waals surface area contributed by atoms with E-state index < -0.39 is 0 Å². The van der Waals surface area contributed by atoms with Gasteiger partial charge in [-0.05, 0) is 26.2 Å². The van der Waals surface area contributed by atoms with Crippen LogP contribution in [0.2, 0.25) is 0 Å². The van der Waals surface area contributed by atoms with Crippen molar-refractivity contribution in [3.05, 3.63) is 0 Å². The van der Waals surface area contributed by atoms with Crippen LogP contribution >= 0.6 is 0 Å². The molecule has 1 aliphatic carbocycles. The summed E-state index contributed by atoms with van der Waals surface area (Å²) in [6, 6.07) is 0.405. The Kier molecular flexibility index (Phi) is 2.34. The molecule has 0 bridgehead atoms. The first-order valence-corrected chi connectivity index (χ1v) is 5.13. The molecule has 0 unspecified atom stereocenters. The van der Waals surface area contributed by atoms with Gasteiger partial charge in [0.1, 0.15) is 0 Å². The predicted octanol–water partition coefficient (Wildman–Crippen LogP) is 1.93. The van der Waals surface area contributed by atoms with Crippen LogP contribution in [0.5, 0.6) is 0 Å². The molecule has 2 aliphatic rings. The fourth-order valence-corrected chi connectivity index (χ4v) is 2.13. The molecule has 72 valence electrons. The molecule has 0 saturated heterocycles. The highest BCUT2D eigenvalue weighted by molar-refractivity contribution is 5.91. The van der Waals surface area contributed by atoms with Crippen molar-refractivity contribution in [2.75, 3.05) is 0 Å². The van der Waals surface area contributed by atoms with Gasteiger partial charge in [-0.15, -0.1) is 0 Å². The molecule has 0 N–H and O–H groups in total. The van der Waals surface area contributed by atoms with E-state index in [4.69, 9.17) is 0 Å². The van der Waals surface area contributed by atoms with E-state index in [9.17, 15) is 4.79 Å². The lowest BCUT2D eigenvalue weighted by molar-refractivity contribution is -0.134. The van der Waals surface area contributed by atoms with Gasteiger partial charge in [0.05, 0.1) is 6.04 Å². The molecule has 2 rings (SSSR count). The van der Waals surface area contributed by atoms with Crippen molar-refractivity contribution in [3.8, 4) is 0 Å². The van der Waals surface area contributed by atoms with Crippen LogP contribution in [0, 0.1) is 0 Å². The van der Waals surface area contributed by atoms with E-state index in [1.54, 1.807) is 5.01 Å². The highest BCUT2D eigenvalue weighted by Gasteiger charge is 2.28. The lowest BCUT2D eigenvalue weighted by atomic mass is 10.1. The molecule has 1 saturated carbocycles. The Balaban J connectivity index is 2.10. The zero-order chi connectivity index (χ0) is 9.26. The van der Waals surface area contributed by atoms with Crippen LogP contribution in [0.25, 0.3) is 0 Å². The molecule has 1 amide bonds. The average molecular weight is 180 g/mol. The average Bonchev–Trinajstić information content (AvgIpc) is 2.61. The Morgan fingerprint density at radius 2 is 2.00 bits per heavy atom. The molecular formula is C10H16N2O. The number of hydrogen-bond acceptors (Lipinski definition) is 2. The second-order valence-electron chi connectivity index (χ2n) is 4.01. The van der Waals surface area contributed by atoms with Gasteiger partial charge < -0.3 is 0 Å². The second kappa shape index (κ2) is 3.48. The molecule has 0 radical (unpaired) electrons. The van der Waals surface area contributed by atoms with Crippen LogP contribution < -0.4 is 0 Å². The van der Waals surface area contributed by atoms with Crippen LogP contribution in [0.15, 0.2) is 5.10 Å². The predicted molar refractivity (Wildman–Crippen MR) is 51.4 cm³/mol. The number of hydrazone groups is 1. The highest BCUT2D eigenvalue weighted by atomic mass is 16.2. The fraction of sp³-hybridized carbons (Fsp3) is 0.800. The Morgan fingerprint density at radius 1 is 1.31 bits per heavy atom. The molecule has 13 heavy (non-hydrogen) atoms. The Hall–Kier alpha value is -0.860. The standard InChI is InChI=1S/C10H16N2O/c1-8-6-7-10(13)12(11-8)9-4-2-3-5-9/h9H,2-7H2,1H3. The number of amides is 1. The van der Waals surface area contributed by atoms with Gasteiger partial charge in [0.15, 0.2) is 0 Å². The summed E-state index contributed by atoms with van der Waals surface area (Å²) < 4.78 is 0. The topological polar surface area (TPSA) is 32.7 Å². The smallest absolute Gasteiger partial charge is 0.243 e. The van der Waals surface area contributed by atoms with E-state index in [1.807, 2.05) is 6.92 Å². The summed E-state index contributed by atoms with van der Waals surface area (Å²) in [5.74, 6) is 0.220. The third-order valence-corrected chi connectivity index (χ3v) is 2.91. The van der Waals surface area contributed by atoms with Gasteiger partial charge in [-0.1, -0.05) is 12.8 Å². The summed E-state index contributed by atoms with van der Waals surface area (Å²) in [6.45, 7) is 2.01. The summed E-state index contributed by atoms with van der Waals surface area (Å²) >= 11 is 0. The van der Waals surface area contributed by atoms with Gasteiger partial charge in [0, 0.05) is 12.1 Å². The Labute approximate surface area is 78.8 Å². The second-order valence-corrected chi connectivity index (χ2v) is 4.01. The maximum atomic E-state index is 11.5. The van der Waals surface area contributed by atoms with Crippen LogP contribution in [-0.2, 0) is 4.79 Å². The molecule has 3 nitrogen and oxygen atoms in total. The molecule has 0 spiro atoms. The zero-order valence-electron chi connectivity index (χ0n) is 8.12. The normalized spacial score (nSPS) is 25.2. The van der Waals surface area contributed by atoms with Crippen LogP contribution in [0.4, 0.5) is 0 Å². The molecular weight excluding hydrogens is 164 g/mol. The molecule has 0 aromatic heterocycles. The number of carbonyl (C=O) groups is 1. The quantitative estimate of drug-likeness (QED) is 0.607. The lowest BCUT2D eigenvalue weighted by Gasteiger charge is -2.27. The van der Waals surface area contributed by atoms with Crippen LogP contribution in [0.1, 0.15) is 45.4 Å². The number of hydrogen-bond donors (Lipinski definition) is 0. The molecule has 0 atom stereocenters. The van der Waals surface area contributed by atoms with Gasteiger partial charge >= 0.3 is 0 Å². The zero-order valence-corrected chi connectivity index (χ0v) is 8.12. The lowest BCUT2D eigenvalue weighted by Crippen LogP contribution is -2.37. The van der Waals surface area contributed by atoms with Gasteiger partial charge in [-0.3, -0.25) is 4.79 Å². The maximum absolute atomic E-state index is 11.5. The summed E-state index contributed by atoms with van der Waals surface area (Å²) in [5, 5.41) is 6.09. The van der Waals surface area contributed by atoms with Crippen molar-refractivity contribution in [2.45, 2.75) is 51.5 Å². The minimum absolute atomic E-state index is 0.220. The van der Waals surface area contributed by atoms with E-state index in [1.165, 1.54) is 12.8 Å². The summed E-state index contributed by atoms with van der Waals surface area (Å²) in [6.07, 6.45) is 6.30. The first-order valence-electron chi connectivity index (χ1n) is 5.13. The fourth-order valence-electron chi connectivity index (χ4n) is 2.13. The van der Waals surface area contributed by atoms with Crippen molar-refractivity contribution in [1.29, 1.82) is 0 Å². The number of nitrogens with zero attached hydrogens (tertiary/aromatic N) is 2. The van der Waals surface area contributed by atoms with Crippen molar-refractivity contribution in [3.63, 3.8) is 0 Å². The van der Waals surface area contributed by atoms with E-state index in [-0.39, 0.29) is 5.91 Å². The maximum Gasteiger partial charge on any atom is 0.243 e. The summed E-state index contributed by atoms with van der Waals surface area (Å²) in [5.41, 5.74) is 1.10. The molecule has 3 heteroatoms. The molecule has 0 aromatic carbocycles. The minimum atomic E-state index is 0.220. The van der Waals surface area contributed by atoms with E-state index in [0.29, 0.717) is 12.5 Å². The Morgan fingerprint density at radius 3 is 2.69 bits per heavy atom. The minimum Gasteiger partial charge on any atom is -0.273 e. The monoisotopic (exact) mass is 180 g/mol. The van der Waals surface area contributed by atoms with Crippen molar-refractivity contribution < 1.29 is 4.79 Å².